The molecule has 108 valence electrons. The highest BCUT2D eigenvalue weighted by Gasteiger charge is 2.29. The maximum absolute atomic E-state index is 5.43. The number of nitrogens with zero attached hydrogens (tertiary/aromatic N) is 3. The van der Waals surface area contributed by atoms with Gasteiger partial charge in [0.05, 0.1) is 19.4 Å². The van der Waals surface area contributed by atoms with Crippen LogP contribution in [0.2, 0.25) is 0 Å². The van der Waals surface area contributed by atoms with Gasteiger partial charge in [-0.2, -0.15) is 5.10 Å². The zero-order valence-corrected chi connectivity index (χ0v) is 12.6. The Morgan fingerprint density at radius 2 is 2.11 bits per heavy atom. The van der Waals surface area contributed by atoms with Gasteiger partial charge < -0.3 is 9.64 Å². The van der Waals surface area contributed by atoms with Gasteiger partial charge in [-0.1, -0.05) is 0 Å². The summed E-state index contributed by atoms with van der Waals surface area (Å²) < 4.78 is 5.43. The lowest BCUT2D eigenvalue weighted by molar-refractivity contribution is -0.0200. The number of ether oxygens (including phenoxy) is 1. The van der Waals surface area contributed by atoms with Gasteiger partial charge in [-0.3, -0.25) is 10.00 Å². The van der Waals surface area contributed by atoms with Crippen LogP contribution in [0.15, 0.2) is 6.20 Å². The molecule has 0 aromatic carbocycles. The third-order valence-electron chi connectivity index (χ3n) is 3.90. The van der Waals surface area contributed by atoms with Crippen molar-refractivity contribution in [2.45, 2.75) is 32.9 Å². The van der Waals surface area contributed by atoms with E-state index in [1.54, 1.807) is 0 Å². The van der Waals surface area contributed by atoms with E-state index in [0.717, 1.165) is 45.1 Å². The number of likely N-dealkylation sites (N-methyl/N-ethyl adjacent to an activating group) is 1. The molecule has 5 nitrogen and oxygen atoms in total. The van der Waals surface area contributed by atoms with Crippen LogP contribution in [0.25, 0.3) is 0 Å². The molecule has 1 fully saturated rings. The van der Waals surface area contributed by atoms with E-state index in [1.807, 2.05) is 6.20 Å². The zero-order chi connectivity index (χ0) is 13.9. The fourth-order valence-electron chi connectivity index (χ4n) is 2.81. The van der Waals surface area contributed by atoms with Gasteiger partial charge in [-0.15, -0.1) is 0 Å². The van der Waals surface area contributed by atoms with Crippen LogP contribution in [0, 0.1) is 6.92 Å². The summed E-state index contributed by atoms with van der Waals surface area (Å²) in [5, 5.41) is 7.08. The van der Waals surface area contributed by atoms with E-state index in [0.29, 0.717) is 0 Å². The average Bonchev–Trinajstić information content (AvgIpc) is 2.75. The smallest absolute Gasteiger partial charge is 0.0594 e. The van der Waals surface area contributed by atoms with Crippen molar-refractivity contribution in [1.29, 1.82) is 0 Å². The molecule has 0 spiro atoms. The molecule has 1 aliphatic heterocycles. The molecule has 19 heavy (non-hydrogen) atoms. The van der Waals surface area contributed by atoms with Crippen LogP contribution in [0.3, 0.4) is 0 Å². The average molecular weight is 266 g/mol. The van der Waals surface area contributed by atoms with Crippen LogP contribution in [0.1, 0.15) is 25.1 Å². The molecule has 0 bridgehead atoms. The van der Waals surface area contributed by atoms with Gasteiger partial charge in [0.15, 0.2) is 0 Å². The minimum Gasteiger partial charge on any atom is -0.379 e. The lowest BCUT2D eigenvalue weighted by Crippen LogP contribution is -2.54. The molecular weight excluding hydrogens is 240 g/mol. The topological polar surface area (TPSA) is 44.4 Å². The number of H-pyrrole nitrogens is 1. The van der Waals surface area contributed by atoms with E-state index in [1.165, 1.54) is 5.56 Å². The standard InChI is InChI=1S/C14H26N4O/c1-12-13(9-15-16-12)10-17(4)11-14(2,3)18-5-7-19-8-6-18/h9H,5-8,10-11H2,1-4H3,(H,15,16). The SMILES string of the molecule is Cc1[nH]ncc1CN(C)CC(C)(C)N1CCOCC1. The van der Waals surface area contributed by atoms with Crippen molar-refractivity contribution in [2.24, 2.45) is 0 Å². The molecule has 0 saturated carbocycles. The Morgan fingerprint density at radius 3 is 2.68 bits per heavy atom. The minimum absolute atomic E-state index is 0.177. The monoisotopic (exact) mass is 266 g/mol. The minimum atomic E-state index is 0.177. The Balaban J connectivity index is 1.89. The molecule has 0 unspecified atom stereocenters. The normalized spacial score (nSPS) is 18.2. The largest absolute Gasteiger partial charge is 0.379 e. The van der Waals surface area contributed by atoms with Gasteiger partial charge in [0, 0.05) is 43.0 Å². The fourth-order valence-corrected chi connectivity index (χ4v) is 2.81. The second kappa shape index (κ2) is 6.03. The Labute approximate surface area is 115 Å². The molecule has 0 radical (unpaired) electrons. The van der Waals surface area contributed by atoms with Crippen LogP contribution in [-0.2, 0) is 11.3 Å². The van der Waals surface area contributed by atoms with Crippen LogP contribution in [0.5, 0.6) is 0 Å². The second-order valence-corrected chi connectivity index (χ2v) is 6.10. The molecule has 5 heteroatoms. The molecule has 1 aromatic rings. The predicted molar refractivity (Wildman–Crippen MR) is 76.1 cm³/mol. The second-order valence-electron chi connectivity index (χ2n) is 6.10. The van der Waals surface area contributed by atoms with Crippen molar-refractivity contribution in [1.82, 2.24) is 20.0 Å². The highest BCUT2D eigenvalue weighted by atomic mass is 16.5. The van der Waals surface area contributed by atoms with E-state index in [9.17, 15) is 0 Å². The molecular formula is C14H26N4O. The highest BCUT2D eigenvalue weighted by molar-refractivity contribution is 5.14. The van der Waals surface area contributed by atoms with Gasteiger partial charge in [-0.05, 0) is 27.8 Å². The number of aromatic amines is 1. The van der Waals surface area contributed by atoms with Crippen LogP contribution < -0.4 is 0 Å². The summed E-state index contributed by atoms with van der Waals surface area (Å²) in [4.78, 5) is 4.89. The number of aromatic nitrogens is 2. The summed E-state index contributed by atoms with van der Waals surface area (Å²) >= 11 is 0. The number of aryl methyl sites for hydroxylation is 1. The molecule has 1 saturated heterocycles. The van der Waals surface area contributed by atoms with Crippen molar-refractivity contribution < 1.29 is 4.74 Å². The molecule has 2 heterocycles. The van der Waals surface area contributed by atoms with Crippen LogP contribution in [0.4, 0.5) is 0 Å². The third kappa shape index (κ3) is 3.78. The Hall–Kier alpha value is -0.910. The number of hydrogen-bond donors (Lipinski definition) is 1. The lowest BCUT2D eigenvalue weighted by Gasteiger charge is -2.42. The Kier molecular flexibility index (Phi) is 4.60. The maximum atomic E-state index is 5.43. The molecule has 0 amide bonds. The summed E-state index contributed by atoms with van der Waals surface area (Å²) in [6.45, 7) is 12.5. The number of rotatable bonds is 5. The quantitative estimate of drug-likeness (QED) is 0.871. The van der Waals surface area contributed by atoms with Gasteiger partial charge >= 0.3 is 0 Å². The molecule has 0 atom stereocenters. The summed E-state index contributed by atoms with van der Waals surface area (Å²) in [6, 6.07) is 0. The van der Waals surface area contributed by atoms with E-state index in [2.05, 4.69) is 47.8 Å². The first-order valence-electron chi connectivity index (χ1n) is 6.99. The van der Waals surface area contributed by atoms with Crippen molar-refractivity contribution in [3.05, 3.63) is 17.5 Å². The summed E-state index contributed by atoms with van der Waals surface area (Å²) in [6.07, 6.45) is 1.92. The molecule has 1 aliphatic rings. The Bertz CT molecular complexity index is 396. The zero-order valence-electron chi connectivity index (χ0n) is 12.6. The van der Waals surface area contributed by atoms with Gasteiger partial charge in [-0.25, -0.2) is 0 Å². The molecule has 0 aliphatic carbocycles. The van der Waals surface area contributed by atoms with E-state index >= 15 is 0 Å². The lowest BCUT2D eigenvalue weighted by atomic mass is 10.0. The van der Waals surface area contributed by atoms with E-state index in [-0.39, 0.29) is 5.54 Å². The van der Waals surface area contributed by atoms with Gasteiger partial charge in [0.25, 0.3) is 0 Å². The molecule has 2 rings (SSSR count). The van der Waals surface area contributed by atoms with E-state index in [4.69, 9.17) is 4.74 Å². The van der Waals surface area contributed by atoms with Crippen molar-refractivity contribution >= 4 is 0 Å². The van der Waals surface area contributed by atoms with Gasteiger partial charge in [0.2, 0.25) is 0 Å². The third-order valence-corrected chi connectivity index (χ3v) is 3.90. The molecule has 1 N–H and O–H groups in total. The number of nitrogens with one attached hydrogen (secondary N) is 1. The first kappa shape index (κ1) is 14.5. The predicted octanol–water partition coefficient (Wildman–Crippen LogP) is 1.26. The Morgan fingerprint density at radius 1 is 1.42 bits per heavy atom. The number of hydrogen-bond acceptors (Lipinski definition) is 4. The van der Waals surface area contributed by atoms with E-state index < -0.39 is 0 Å². The molecule has 1 aromatic heterocycles. The summed E-state index contributed by atoms with van der Waals surface area (Å²) in [5.41, 5.74) is 2.62. The highest BCUT2D eigenvalue weighted by Crippen LogP contribution is 2.18. The summed E-state index contributed by atoms with van der Waals surface area (Å²) in [7, 11) is 2.18. The fraction of sp³-hybridized carbons (Fsp3) is 0.786. The first-order chi connectivity index (χ1) is 8.99. The van der Waals surface area contributed by atoms with Crippen molar-refractivity contribution in [2.75, 3.05) is 39.9 Å². The first-order valence-corrected chi connectivity index (χ1v) is 6.99. The van der Waals surface area contributed by atoms with Gasteiger partial charge in [0.1, 0.15) is 0 Å². The van der Waals surface area contributed by atoms with Crippen LogP contribution in [-0.4, -0.2) is 65.4 Å². The number of morpholine rings is 1. The maximum Gasteiger partial charge on any atom is 0.0594 e. The summed E-state index contributed by atoms with van der Waals surface area (Å²) in [5.74, 6) is 0. The van der Waals surface area contributed by atoms with Crippen molar-refractivity contribution in [3.8, 4) is 0 Å². The van der Waals surface area contributed by atoms with Crippen molar-refractivity contribution in [3.63, 3.8) is 0 Å². The van der Waals surface area contributed by atoms with Crippen LogP contribution >= 0.6 is 0 Å².